The Labute approximate surface area is 122 Å². The zero-order valence-corrected chi connectivity index (χ0v) is 11.6. The molecule has 0 N–H and O–H groups in total. The van der Waals surface area contributed by atoms with Crippen LogP contribution in [0.25, 0.3) is 5.69 Å². The lowest BCUT2D eigenvalue weighted by Crippen LogP contribution is -2.22. The number of tetrazole rings is 1. The molecule has 0 saturated carbocycles. The number of aromatic nitrogens is 4. The number of benzene rings is 2. The van der Waals surface area contributed by atoms with Gasteiger partial charge in [-0.05, 0) is 40.6 Å². The minimum atomic E-state index is 0.721. The van der Waals surface area contributed by atoms with E-state index in [0.717, 1.165) is 31.0 Å². The average molecular weight is 277 g/mol. The molecule has 0 radical (unpaired) electrons. The van der Waals surface area contributed by atoms with Crippen LogP contribution in [0, 0.1) is 0 Å². The molecular weight excluding hydrogens is 262 g/mol. The molecule has 0 unspecified atom stereocenters. The summed E-state index contributed by atoms with van der Waals surface area (Å²) in [5.74, 6) is 0.859. The van der Waals surface area contributed by atoms with E-state index in [1.54, 1.807) is 4.68 Å². The van der Waals surface area contributed by atoms with Gasteiger partial charge in [0.15, 0.2) is 5.82 Å². The molecule has 1 aromatic heterocycles. The number of rotatable bonds is 3. The quantitative estimate of drug-likeness (QED) is 0.736. The molecule has 5 heteroatoms. The molecule has 0 saturated heterocycles. The highest BCUT2D eigenvalue weighted by Crippen LogP contribution is 2.28. The minimum absolute atomic E-state index is 0.721. The van der Waals surface area contributed by atoms with Gasteiger partial charge in [0.05, 0.1) is 12.2 Å². The van der Waals surface area contributed by atoms with E-state index >= 15 is 0 Å². The molecule has 0 atom stereocenters. The van der Waals surface area contributed by atoms with Crippen molar-refractivity contribution in [1.29, 1.82) is 0 Å². The molecule has 0 bridgehead atoms. The highest BCUT2D eigenvalue weighted by Gasteiger charge is 2.21. The summed E-state index contributed by atoms with van der Waals surface area (Å²) in [6, 6.07) is 18.5. The zero-order chi connectivity index (χ0) is 14.1. The first kappa shape index (κ1) is 12.1. The summed E-state index contributed by atoms with van der Waals surface area (Å²) in [5.41, 5.74) is 3.68. The summed E-state index contributed by atoms with van der Waals surface area (Å²) in [5, 5.41) is 12.1. The van der Waals surface area contributed by atoms with Crippen molar-refractivity contribution < 1.29 is 0 Å². The molecule has 4 rings (SSSR count). The second-order valence-corrected chi connectivity index (χ2v) is 5.14. The van der Waals surface area contributed by atoms with Crippen LogP contribution < -0.4 is 4.90 Å². The van der Waals surface area contributed by atoms with E-state index in [4.69, 9.17) is 0 Å². The fraction of sp³-hybridized carbons (Fsp3) is 0.188. The topological polar surface area (TPSA) is 46.8 Å². The Bertz CT molecular complexity index is 750. The Hall–Kier alpha value is -2.69. The van der Waals surface area contributed by atoms with Crippen molar-refractivity contribution >= 4 is 5.69 Å². The van der Waals surface area contributed by atoms with E-state index in [9.17, 15) is 0 Å². The van der Waals surface area contributed by atoms with Gasteiger partial charge in [-0.15, -0.1) is 5.10 Å². The molecule has 104 valence electrons. The van der Waals surface area contributed by atoms with Crippen molar-refractivity contribution in [2.75, 3.05) is 11.4 Å². The fourth-order valence-corrected chi connectivity index (χ4v) is 2.82. The zero-order valence-electron chi connectivity index (χ0n) is 11.6. The predicted octanol–water partition coefficient (Wildman–Crippen LogP) is 2.23. The van der Waals surface area contributed by atoms with Crippen molar-refractivity contribution in [1.82, 2.24) is 20.2 Å². The van der Waals surface area contributed by atoms with Gasteiger partial charge in [0.2, 0.25) is 0 Å². The molecule has 21 heavy (non-hydrogen) atoms. The van der Waals surface area contributed by atoms with Crippen molar-refractivity contribution in [3.8, 4) is 5.69 Å². The molecular formula is C16H15N5. The van der Waals surface area contributed by atoms with Gasteiger partial charge in [-0.2, -0.15) is 4.68 Å². The van der Waals surface area contributed by atoms with Gasteiger partial charge >= 0.3 is 0 Å². The second kappa shape index (κ2) is 5.01. The van der Waals surface area contributed by atoms with Gasteiger partial charge < -0.3 is 4.90 Å². The van der Waals surface area contributed by atoms with Crippen molar-refractivity contribution in [3.63, 3.8) is 0 Å². The Morgan fingerprint density at radius 3 is 2.67 bits per heavy atom. The van der Waals surface area contributed by atoms with Crippen molar-refractivity contribution in [3.05, 3.63) is 66.0 Å². The van der Waals surface area contributed by atoms with E-state index in [2.05, 4.69) is 44.7 Å². The van der Waals surface area contributed by atoms with Crippen LogP contribution in [0.5, 0.6) is 0 Å². The SMILES string of the molecule is c1ccc(-n2nnnc2CN2CCc3ccccc32)cc1. The lowest BCUT2D eigenvalue weighted by molar-refractivity contribution is 0.729. The highest BCUT2D eigenvalue weighted by molar-refractivity contribution is 5.57. The van der Waals surface area contributed by atoms with Crippen LogP contribution in [0.3, 0.4) is 0 Å². The molecule has 1 aliphatic rings. The first-order chi connectivity index (χ1) is 10.4. The Kier molecular flexibility index (Phi) is 2.88. The van der Waals surface area contributed by atoms with Crippen molar-refractivity contribution in [2.24, 2.45) is 0 Å². The molecule has 0 fully saturated rings. The highest BCUT2D eigenvalue weighted by atomic mass is 15.5. The second-order valence-electron chi connectivity index (χ2n) is 5.14. The molecule has 0 amide bonds. The predicted molar refractivity (Wildman–Crippen MR) is 80.4 cm³/mol. The minimum Gasteiger partial charge on any atom is -0.363 e. The largest absolute Gasteiger partial charge is 0.363 e. The van der Waals surface area contributed by atoms with Gasteiger partial charge in [-0.25, -0.2) is 0 Å². The third-order valence-electron chi connectivity index (χ3n) is 3.85. The number of para-hydroxylation sites is 2. The summed E-state index contributed by atoms with van der Waals surface area (Å²) >= 11 is 0. The Balaban J connectivity index is 1.64. The molecule has 0 aliphatic carbocycles. The maximum Gasteiger partial charge on any atom is 0.175 e. The lowest BCUT2D eigenvalue weighted by Gasteiger charge is -2.18. The van der Waals surface area contributed by atoms with Crippen LogP contribution >= 0.6 is 0 Å². The van der Waals surface area contributed by atoms with Crippen LogP contribution in [0.1, 0.15) is 11.4 Å². The normalized spacial score (nSPS) is 13.4. The molecule has 5 nitrogen and oxygen atoms in total. The molecule has 2 aromatic carbocycles. The first-order valence-corrected chi connectivity index (χ1v) is 7.07. The maximum atomic E-state index is 4.19. The van der Waals surface area contributed by atoms with Gasteiger partial charge in [-0.1, -0.05) is 36.4 Å². The van der Waals surface area contributed by atoms with E-state index in [0.29, 0.717) is 0 Å². The van der Waals surface area contributed by atoms with Gasteiger partial charge in [0.25, 0.3) is 0 Å². The van der Waals surface area contributed by atoms with Crippen LogP contribution in [-0.2, 0) is 13.0 Å². The van der Waals surface area contributed by atoms with Crippen LogP contribution in [0.4, 0.5) is 5.69 Å². The smallest absolute Gasteiger partial charge is 0.175 e. The van der Waals surface area contributed by atoms with Crippen LogP contribution in [0.2, 0.25) is 0 Å². The lowest BCUT2D eigenvalue weighted by atomic mass is 10.2. The van der Waals surface area contributed by atoms with Gasteiger partial charge in [0.1, 0.15) is 0 Å². The summed E-state index contributed by atoms with van der Waals surface area (Å²) in [6.45, 7) is 1.74. The van der Waals surface area contributed by atoms with E-state index < -0.39 is 0 Å². The van der Waals surface area contributed by atoms with Gasteiger partial charge in [0, 0.05) is 12.2 Å². The average Bonchev–Trinajstić information content (AvgIpc) is 3.16. The summed E-state index contributed by atoms with van der Waals surface area (Å²) in [6.07, 6.45) is 1.09. The standard InChI is InChI=1S/C16H15N5/c1-2-7-14(8-3-1)21-16(17-18-19-21)12-20-11-10-13-6-4-5-9-15(13)20/h1-9H,10-12H2. The molecule has 1 aliphatic heterocycles. The van der Waals surface area contributed by atoms with Gasteiger partial charge in [-0.3, -0.25) is 0 Å². The van der Waals surface area contributed by atoms with E-state index in [-0.39, 0.29) is 0 Å². The molecule has 3 aromatic rings. The first-order valence-electron chi connectivity index (χ1n) is 7.07. The Morgan fingerprint density at radius 2 is 1.76 bits per heavy atom. The third-order valence-corrected chi connectivity index (χ3v) is 3.85. The number of hydrogen-bond acceptors (Lipinski definition) is 4. The molecule has 0 spiro atoms. The number of anilines is 1. The van der Waals surface area contributed by atoms with Crippen LogP contribution in [-0.4, -0.2) is 26.8 Å². The summed E-state index contributed by atoms with van der Waals surface area (Å²) < 4.78 is 1.81. The number of nitrogens with zero attached hydrogens (tertiary/aromatic N) is 5. The van der Waals surface area contributed by atoms with E-state index in [1.165, 1.54) is 11.3 Å². The van der Waals surface area contributed by atoms with Crippen LogP contribution in [0.15, 0.2) is 54.6 Å². The number of hydrogen-bond donors (Lipinski definition) is 0. The maximum absolute atomic E-state index is 4.19. The molecule has 2 heterocycles. The fourth-order valence-electron chi connectivity index (χ4n) is 2.82. The van der Waals surface area contributed by atoms with E-state index in [1.807, 2.05) is 30.3 Å². The summed E-state index contributed by atoms with van der Waals surface area (Å²) in [7, 11) is 0. The third kappa shape index (κ3) is 2.16. The monoisotopic (exact) mass is 277 g/mol. The summed E-state index contributed by atoms with van der Waals surface area (Å²) in [4.78, 5) is 2.33. The number of fused-ring (bicyclic) bond motifs is 1. The van der Waals surface area contributed by atoms with Crippen molar-refractivity contribution in [2.45, 2.75) is 13.0 Å². The Morgan fingerprint density at radius 1 is 0.952 bits per heavy atom.